The highest BCUT2D eigenvalue weighted by Gasteiger charge is 2.14. The zero-order valence-electron chi connectivity index (χ0n) is 9.77. The van der Waals surface area contributed by atoms with Gasteiger partial charge in [0.1, 0.15) is 0 Å². The van der Waals surface area contributed by atoms with E-state index in [2.05, 4.69) is 5.32 Å². The molecule has 0 aliphatic rings. The van der Waals surface area contributed by atoms with Crippen LogP contribution in [0.1, 0.15) is 12.5 Å². The van der Waals surface area contributed by atoms with Gasteiger partial charge in [-0.25, -0.2) is 0 Å². The molecule has 1 rings (SSSR count). The molecule has 0 radical (unpaired) electrons. The number of likely N-dealkylation sites (N-methyl/N-ethyl adjacent to an activating group) is 1. The molecule has 0 spiro atoms. The van der Waals surface area contributed by atoms with Crippen LogP contribution in [-0.4, -0.2) is 24.6 Å². The molecule has 1 atom stereocenters. The third-order valence-corrected chi connectivity index (χ3v) is 2.49. The molecule has 0 amide bonds. The molecule has 0 saturated carbocycles. The summed E-state index contributed by atoms with van der Waals surface area (Å²) in [7, 11) is 1.82. The molecule has 0 aliphatic carbocycles. The average molecular weight is 259 g/mol. The number of ether oxygens (including phenoxy) is 1. The van der Waals surface area contributed by atoms with Crippen molar-refractivity contribution in [3.05, 3.63) is 38.9 Å². The molecule has 1 aromatic carbocycles. The Hall–Kier alpha value is -1.17. The maximum absolute atomic E-state index is 10.8. The van der Waals surface area contributed by atoms with Gasteiger partial charge in [0.25, 0.3) is 5.69 Å². The quantitative estimate of drug-likeness (QED) is 0.628. The fraction of sp³-hybridized carbons (Fsp3) is 0.455. The minimum Gasteiger partial charge on any atom is -0.372 e. The van der Waals surface area contributed by atoms with Crippen molar-refractivity contribution in [2.45, 2.75) is 19.6 Å². The first kappa shape index (κ1) is 13.9. The van der Waals surface area contributed by atoms with Crippen LogP contribution in [0.2, 0.25) is 5.02 Å². The molecule has 0 saturated heterocycles. The minimum absolute atomic E-state index is 0.0152. The van der Waals surface area contributed by atoms with Gasteiger partial charge in [0, 0.05) is 17.6 Å². The molecule has 0 aliphatic heterocycles. The lowest BCUT2D eigenvalue weighted by atomic mass is 10.2. The molecule has 0 aromatic heterocycles. The SMILES string of the molecule is CNCC(C)OCc1cc(Cl)ccc1[N+](=O)[O-]. The van der Waals surface area contributed by atoms with Crippen molar-refractivity contribution in [2.75, 3.05) is 13.6 Å². The van der Waals surface area contributed by atoms with Crippen LogP contribution < -0.4 is 5.32 Å². The van der Waals surface area contributed by atoms with Gasteiger partial charge in [-0.3, -0.25) is 10.1 Å². The summed E-state index contributed by atoms with van der Waals surface area (Å²) in [6.45, 7) is 2.76. The van der Waals surface area contributed by atoms with Crippen LogP contribution in [0.25, 0.3) is 0 Å². The lowest BCUT2D eigenvalue weighted by molar-refractivity contribution is -0.386. The molecular formula is C11H15ClN2O3. The largest absolute Gasteiger partial charge is 0.372 e. The molecule has 0 heterocycles. The smallest absolute Gasteiger partial charge is 0.275 e. The normalized spacial score (nSPS) is 12.4. The van der Waals surface area contributed by atoms with Crippen molar-refractivity contribution in [2.24, 2.45) is 0 Å². The summed E-state index contributed by atoms with van der Waals surface area (Å²) in [5, 5.41) is 14.2. The lowest BCUT2D eigenvalue weighted by Crippen LogP contribution is -2.23. The van der Waals surface area contributed by atoms with Crippen LogP contribution in [0.4, 0.5) is 5.69 Å². The number of benzene rings is 1. The molecule has 1 unspecified atom stereocenters. The number of nitro groups is 1. The molecule has 0 bridgehead atoms. The third-order valence-electron chi connectivity index (χ3n) is 2.25. The van der Waals surface area contributed by atoms with Crippen molar-refractivity contribution < 1.29 is 9.66 Å². The van der Waals surface area contributed by atoms with E-state index in [0.717, 1.165) is 0 Å². The van der Waals surface area contributed by atoms with Crippen LogP contribution in [0.5, 0.6) is 0 Å². The van der Waals surface area contributed by atoms with Gasteiger partial charge in [0.05, 0.1) is 23.2 Å². The van der Waals surface area contributed by atoms with E-state index in [4.69, 9.17) is 16.3 Å². The Balaban J connectivity index is 2.75. The van der Waals surface area contributed by atoms with Gasteiger partial charge in [-0.15, -0.1) is 0 Å². The van der Waals surface area contributed by atoms with Crippen molar-refractivity contribution in [3.8, 4) is 0 Å². The predicted octanol–water partition coefficient (Wildman–Crippen LogP) is 2.37. The van der Waals surface area contributed by atoms with Gasteiger partial charge >= 0.3 is 0 Å². The Morgan fingerprint density at radius 3 is 2.88 bits per heavy atom. The first-order valence-corrected chi connectivity index (χ1v) is 5.61. The van der Waals surface area contributed by atoms with Crippen molar-refractivity contribution in [1.29, 1.82) is 0 Å². The number of hydrogen-bond acceptors (Lipinski definition) is 4. The Morgan fingerprint density at radius 2 is 2.29 bits per heavy atom. The monoisotopic (exact) mass is 258 g/mol. The van der Waals surface area contributed by atoms with Crippen molar-refractivity contribution >= 4 is 17.3 Å². The highest BCUT2D eigenvalue weighted by Crippen LogP contribution is 2.23. The summed E-state index contributed by atoms with van der Waals surface area (Å²) in [6.07, 6.45) is -0.0152. The summed E-state index contributed by atoms with van der Waals surface area (Å²) >= 11 is 5.81. The van der Waals surface area contributed by atoms with Gasteiger partial charge in [-0.2, -0.15) is 0 Å². The zero-order chi connectivity index (χ0) is 12.8. The Labute approximate surface area is 105 Å². The van der Waals surface area contributed by atoms with Gasteiger partial charge in [0.15, 0.2) is 0 Å². The predicted molar refractivity (Wildman–Crippen MR) is 66.3 cm³/mol. The van der Waals surface area contributed by atoms with Crippen LogP contribution in [0.15, 0.2) is 18.2 Å². The number of rotatable bonds is 6. The molecule has 1 N–H and O–H groups in total. The van der Waals surface area contributed by atoms with E-state index in [9.17, 15) is 10.1 Å². The van der Waals surface area contributed by atoms with Gasteiger partial charge in [0.2, 0.25) is 0 Å². The number of halogens is 1. The Bertz CT molecular complexity index is 398. The van der Waals surface area contributed by atoms with E-state index in [1.54, 1.807) is 6.07 Å². The molecule has 1 aromatic rings. The van der Waals surface area contributed by atoms with Crippen LogP contribution >= 0.6 is 11.6 Å². The zero-order valence-corrected chi connectivity index (χ0v) is 10.5. The first-order chi connectivity index (χ1) is 8.04. The van der Waals surface area contributed by atoms with E-state index in [0.29, 0.717) is 17.1 Å². The number of hydrogen-bond donors (Lipinski definition) is 1. The van der Waals surface area contributed by atoms with Crippen molar-refractivity contribution in [3.63, 3.8) is 0 Å². The Kier molecular flexibility index (Phi) is 5.34. The number of nitrogens with one attached hydrogen (secondary N) is 1. The van der Waals surface area contributed by atoms with Gasteiger partial charge in [-0.05, 0) is 26.1 Å². The summed E-state index contributed by atoms with van der Waals surface area (Å²) in [5.41, 5.74) is 0.525. The summed E-state index contributed by atoms with van der Waals surface area (Å²) < 4.78 is 5.49. The van der Waals surface area contributed by atoms with Gasteiger partial charge < -0.3 is 10.1 Å². The topological polar surface area (TPSA) is 64.4 Å². The van der Waals surface area contributed by atoms with E-state index in [1.165, 1.54) is 12.1 Å². The maximum atomic E-state index is 10.8. The third kappa shape index (κ3) is 4.30. The van der Waals surface area contributed by atoms with E-state index < -0.39 is 4.92 Å². The molecule has 0 fully saturated rings. The fourth-order valence-electron chi connectivity index (χ4n) is 1.43. The highest BCUT2D eigenvalue weighted by atomic mass is 35.5. The summed E-state index contributed by atoms with van der Waals surface area (Å²) in [4.78, 5) is 10.4. The van der Waals surface area contributed by atoms with E-state index >= 15 is 0 Å². The highest BCUT2D eigenvalue weighted by molar-refractivity contribution is 6.30. The fourth-order valence-corrected chi connectivity index (χ4v) is 1.62. The lowest BCUT2D eigenvalue weighted by Gasteiger charge is -2.12. The first-order valence-electron chi connectivity index (χ1n) is 5.23. The minimum atomic E-state index is -0.433. The van der Waals surface area contributed by atoms with Gasteiger partial charge in [-0.1, -0.05) is 11.6 Å². The van der Waals surface area contributed by atoms with Crippen LogP contribution in [-0.2, 0) is 11.3 Å². The molecule has 6 heteroatoms. The second-order valence-electron chi connectivity index (χ2n) is 3.71. The molecular weight excluding hydrogens is 244 g/mol. The molecule has 94 valence electrons. The number of nitrogens with zero attached hydrogens (tertiary/aromatic N) is 1. The number of nitro benzene ring substituents is 1. The second kappa shape index (κ2) is 6.54. The molecule has 5 nitrogen and oxygen atoms in total. The average Bonchev–Trinajstić information content (AvgIpc) is 2.26. The maximum Gasteiger partial charge on any atom is 0.275 e. The summed E-state index contributed by atoms with van der Waals surface area (Å²) in [6, 6.07) is 4.45. The van der Waals surface area contributed by atoms with Crippen molar-refractivity contribution in [1.82, 2.24) is 5.32 Å². The van der Waals surface area contributed by atoms with Crippen LogP contribution in [0, 0.1) is 10.1 Å². The van der Waals surface area contributed by atoms with E-state index in [1.807, 2.05) is 14.0 Å². The second-order valence-corrected chi connectivity index (χ2v) is 4.15. The standard InChI is InChI=1S/C11H15ClN2O3/c1-8(6-13-2)17-7-9-5-10(12)3-4-11(9)14(15)16/h3-5,8,13H,6-7H2,1-2H3. The summed E-state index contributed by atoms with van der Waals surface area (Å²) in [5.74, 6) is 0. The van der Waals surface area contributed by atoms with E-state index in [-0.39, 0.29) is 18.4 Å². The Morgan fingerprint density at radius 1 is 1.59 bits per heavy atom. The molecule has 17 heavy (non-hydrogen) atoms. The van der Waals surface area contributed by atoms with Crippen LogP contribution in [0.3, 0.4) is 0 Å².